The minimum atomic E-state index is -0.651. The van der Waals surface area contributed by atoms with Gasteiger partial charge in [0.15, 0.2) is 0 Å². The summed E-state index contributed by atoms with van der Waals surface area (Å²) in [5, 5.41) is 3.03. The number of benzene rings is 1. The number of likely N-dealkylation sites (tertiary alicyclic amines) is 1. The molecule has 1 spiro atoms. The standard InChI is InChI=1S/C22H30N4O2/c1-14(2)11-26-16(4)24-22(20(26)27)10-9-17-12-25(13-18(17)22)21(28)23-19-8-6-5-7-15(19)3/h5-8,14,17-18H,9-13H2,1-4H3,(H,23,28)/t17-,18+,22-/m1/s1. The van der Waals surface area contributed by atoms with Gasteiger partial charge in [-0.2, -0.15) is 0 Å². The van der Waals surface area contributed by atoms with E-state index in [1.807, 2.05) is 47.9 Å². The Bertz CT molecular complexity index is 834. The molecule has 28 heavy (non-hydrogen) atoms. The summed E-state index contributed by atoms with van der Waals surface area (Å²) in [5.41, 5.74) is 1.23. The fraction of sp³-hybridized carbons (Fsp3) is 0.591. The van der Waals surface area contributed by atoms with E-state index in [1.165, 1.54) is 0 Å². The van der Waals surface area contributed by atoms with Crippen LogP contribution in [0.4, 0.5) is 10.5 Å². The van der Waals surface area contributed by atoms with Crippen LogP contribution in [-0.2, 0) is 4.79 Å². The Kier molecular flexibility index (Phi) is 4.68. The smallest absolute Gasteiger partial charge is 0.321 e. The van der Waals surface area contributed by atoms with E-state index in [0.717, 1.165) is 29.9 Å². The molecule has 1 N–H and O–H groups in total. The number of hydrogen-bond donors (Lipinski definition) is 1. The van der Waals surface area contributed by atoms with Crippen molar-refractivity contribution >= 4 is 23.5 Å². The number of hydrogen-bond acceptors (Lipinski definition) is 3. The maximum absolute atomic E-state index is 13.3. The van der Waals surface area contributed by atoms with Gasteiger partial charge in [-0.1, -0.05) is 32.0 Å². The number of nitrogens with zero attached hydrogens (tertiary/aromatic N) is 3. The molecule has 1 aromatic rings. The highest BCUT2D eigenvalue weighted by Crippen LogP contribution is 2.50. The summed E-state index contributed by atoms with van der Waals surface area (Å²) in [7, 11) is 0. The van der Waals surface area contributed by atoms with Crippen LogP contribution in [0.5, 0.6) is 0 Å². The van der Waals surface area contributed by atoms with Gasteiger partial charge in [-0.15, -0.1) is 0 Å². The van der Waals surface area contributed by atoms with E-state index >= 15 is 0 Å². The van der Waals surface area contributed by atoms with Crippen LogP contribution in [0.25, 0.3) is 0 Å². The lowest BCUT2D eigenvalue weighted by Crippen LogP contribution is -2.47. The minimum Gasteiger partial charge on any atom is -0.324 e. The van der Waals surface area contributed by atoms with Gasteiger partial charge in [0.25, 0.3) is 5.91 Å². The zero-order valence-corrected chi connectivity index (χ0v) is 17.2. The van der Waals surface area contributed by atoms with Gasteiger partial charge >= 0.3 is 6.03 Å². The van der Waals surface area contributed by atoms with Crippen LogP contribution >= 0.6 is 0 Å². The second kappa shape index (κ2) is 6.90. The maximum Gasteiger partial charge on any atom is 0.321 e. The zero-order chi connectivity index (χ0) is 20.1. The second-order valence-electron chi connectivity index (χ2n) is 8.95. The van der Waals surface area contributed by atoms with Crippen molar-refractivity contribution in [2.75, 3.05) is 25.0 Å². The van der Waals surface area contributed by atoms with E-state index in [0.29, 0.717) is 31.5 Å². The molecule has 1 aromatic carbocycles. The normalized spacial score (nSPS) is 29.0. The molecule has 2 heterocycles. The number of para-hydroxylation sites is 1. The number of amidine groups is 1. The Morgan fingerprint density at radius 3 is 2.75 bits per heavy atom. The summed E-state index contributed by atoms with van der Waals surface area (Å²) in [6.07, 6.45) is 1.76. The number of carbonyl (C=O) groups is 2. The quantitative estimate of drug-likeness (QED) is 0.869. The molecular weight excluding hydrogens is 352 g/mol. The molecule has 2 aliphatic heterocycles. The first-order chi connectivity index (χ1) is 13.3. The van der Waals surface area contributed by atoms with Crippen LogP contribution in [0.2, 0.25) is 0 Å². The number of fused-ring (bicyclic) bond motifs is 2. The Morgan fingerprint density at radius 2 is 2.04 bits per heavy atom. The van der Waals surface area contributed by atoms with E-state index in [1.54, 1.807) is 0 Å². The third kappa shape index (κ3) is 2.99. The molecule has 3 aliphatic rings. The fourth-order valence-corrected chi connectivity index (χ4v) is 5.13. The van der Waals surface area contributed by atoms with Crippen molar-refractivity contribution in [1.82, 2.24) is 9.80 Å². The molecule has 1 saturated carbocycles. The van der Waals surface area contributed by atoms with Crippen molar-refractivity contribution in [3.63, 3.8) is 0 Å². The number of rotatable bonds is 3. The highest BCUT2D eigenvalue weighted by atomic mass is 16.2. The predicted molar refractivity (Wildman–Crippen MR) is 110 cm³/mol. The lowest BCUT2D eigenvalue weighted by molar-refractivity contribution is -0.132. The number of nitrogens with one attached hydrogen (secondary N) is 1. The van der Waals surface area contributed by atoms with Crippen molar-refractivity contribution in [2.45, 2.75) is 46.1 Å². The Labute approximate surface area is 167 Å². The first kappa shape index (κ1) is 19.0. The Morgan fingerprint density at radius 1 is 1.29 bits per heavy atom. The summed E-state index contributed by atoms with van der Waals surface area (Å²) in [4.78, 5) is 34.8. The lowest BCUT2D eigenvalue weighted by atomic mass is 9.85. The number of aryl methyl sites for hydroxylation is 1. The molecule has 1 saturated heterocycles. The number of urea groups is 1. The third-order valence-electron chi connectivity index (χ3n) is 6.54. The highest BCUT2D eigenvalue weighted by molar-refractivity contribution is 6.08. The lowest BCUT2D eigenvalue weighted by Gasteiger charge is -2.28. The van der Waals surface area contributed by atoms with Crippen molar-refractivity contribution in [3.8, 4) is 0 Å². The number of amides is 3. The Balaban J connectivity index is 1.49. The Hall–Kier alpha value is -2.37. The molecule has 6 heteroatoms. The van der Waals surface area contributed by atoms with Crippen molar-refractivity contribution in [2.24, 2.45) is 22.7 Å². The monoisotopic (exact) mass is 382 g/mol. The molecule has 3 amide bonds. The topological polar surface area (TPSA) is 65.0 Å². The fourth-order valence-electron chi connectivity index (χ4n) is 5.13. The summed E-state index contributed by atoms with van der Waals surface area (Å²) < 4.78 is 0. The van der Waals surface area contributed by atoms with Crippen molar-refractivity contribution in [3.05, 3.63) is 29.8 Å². The molecule has 6 nitrogen and oxygen atoms in total. The van der Waals surface area contributed by atoms with Gasteiger partial charge in [-0.3, -0.25) is 14.7 Å². The molecule has 0 bridgehead atoms. The van der Waals surface area contributed by atoms with Crippen molar-refractivity contribution in [1.29, 1.82) is 0 Å². The molecule has 0 unspecified atom stereocenters. The van der Waals surface area contributed by atoms with Gasteiger partial charge in [-0.05, 0) is 50.2 Å². The van der Waals surface area contributed by atoms with Crippen LogP contribution in [0.3, 0.4) is 0 Å². The molecule has 150 valence electrons. The maximum atomic E-state index is 13.3. The van der Waals surface area contributed by atoms with Crippen LogP contribution in [-0.4, -0.2) is 52.7 Å². The highest BCUT2D eigenvalue weighted by Gasteiger charge is 2.61. The second-order valence-corrected chi connectivity index (χ2v) is 8.95. The van der Waals surface area contributed by atoms with Crippen LogP contribution in [0.15, 0.2) is 29.3 Å². The van der Waals surface area contributed by atoms with Gasteiger partial charge in [0.05, 0.1) is 0 Å². The molecule has 3 atom stereocenters. The van der Waals surface area contributed by atoms with E-state index in [4.69, 9.17) is 4.99 Å². The molecule has 4 rings (SSSR count). The van der Waals surface area contributed by atoms with Crippen LogP contribution in [0, 0.1) is 24.7 Å². The molecule has 2 fully saturated rings. The zero-order valence-electron chi connectivity index (χ0n) is 17.2. The largest absolute Gasteiger partial charge is 0.324 e. The van der Waals surface area contributed by atoms with Crippen molar-refractivity contribution < 1.29 is 9.59 Å². The molecule has 1 aliphatic carbocycles. The van der Waals surface area contributed by atoms with Gasteiger partial charge in [0.1, 0.15) is 11.4 Å². The van der Waals surface area contributed by atoms with E-state index in [-0.39, 0.29) is 17.9 Å². The van der Waals surface area contributed by atoms with Gasteiger partial charge in [0, 0.05) is 31.2 Å². The SMILES string of the molecule is CC1=N[C@@]2(CC[C@@H]3CN(C(=O)Nc4ccccc4C)C[C@@H]32)C(=O)N1CC(C)C. The summed E-state index contributed by atoms with van der Waals surface area (Å²) in [6, 6.07) is 7.72. The van der Waals surface area contributed by atoms with E-state index < -0.39 is 5.54 Å². The molecular formula is C22H30N4O2. The average Bonchev–Trinajstić information content (AvgIpc) is 3.27. The predicted octanol–water partition coefficient (Wildman–Crippen LogP) is 3.52. The van der Waals surface area contributed by atoms with Crippen LogP contribution < -0.4 is 5.32 Å². The van der Waals surface area contributed by atoms with E-state index in [2.05, 4.69) is 19.2 Å². The van der Waals surface area contributed by atoms with Gasteiger partial charge in [-0.25, -0.2) is 4.79 Å². The minimum absolute atomic E-state index is 0.0796. The summed E-state index contributed by atoms with van der Waals surface area (Å²) in [6.45, 7) is 10.2. The van der Waals surface area contributed by atoms with Gasteiger partial charge < -0.3 is 10.2 Å². The molecule has 0 aromatic heterocycles. The summed E-state index contributed by atoms with van der Waals surface area (Å²) in [5.74, 6) is 1.85. The van der Waals surface area contributed by atoms with Gasteiger partial charge in [0.2, 0.25) is 0 Å². The third-order valence-corrected chi connectivity index (χ3v) is 6.54. The average molecular weight is 383 g/mol. The molecule has 0 radical (unpaired) electrons. The number of aliphatic imine (C=N–C) groups is 1. The summed E-state index contributed by atoms with van der Waals surface area (Å²) >= 11 is 0. The first-order valence-corrected chi connectivity index (χ1v) is 10.3. The first-order valence-electron chi connectivity index (χ1n) is 10.3. The van der Waals surface area contributed by atoms with E-state index in [9.17, 15) is 9.59 Å². The number of carbonyl (C=O) groups excluding carboxylic acids is 2. The number of anilines is 1. The van der Waals surface area contributed by atoms with Crippen LogP contribution in [0.1, 0.15) is 39.2 Å².